The Morgan fingerprint density at radius 1 is 0.969 bits per heavy atom. The molecule has 32 heavy (non-hydrogen) atoms. The molecule has 4 aliphatic carbocycles. The van der Waals surface area contributed by atoms with Crippen LogP contribution >= 0.6 is 0 Å². The Hall–Kier alpha value is -1.15. The minimum absolute atomic E-state index is 0.180. The molecule has 4 fully saturated rings. The van der Waals surface area contributed by atoms with Crippen LogP contribution in [0.25, 0.3) is 0 Å². The van der Waals surface area contributed by atoms with Crippen molar-refractivity contribution in [2.45, 2.75) is 85.5 Å². The van der Waals surface area contributed by atoms with Crippen LogP contribution in [-0.2, 0) is 4.74 Å². The number of aryl methyl sites for hydroxylation is 2. The number of carbonyl (C=O) groups excluding carboxylic acids is 1. The predicted octanol–water partition coefficient (Wildman–Crippen LogP) is 7.41. The Balaban J connectivity index is 1.42. The molecule has 4 aliphatic rings. The van der Waals surface area contributed by atoms with Crippen LogP contribution in [0.2, 0.25) is 0 Å². The number of hydrogen-bond acceptors (Lipinski definition) is 2. The second kappa shape index (κ2) is 8.26. The number of ketones is 1. The van der Waals surface area contributed by atoms with Gasteiger partial charge in [0.2, 0.25) is 0 Å². The summed E-state index contributed by atoms with van der Waals surface area (Å²) in [6, 6.07) is 6.43. The lowest BCUT2D eigenvalue weighted by molar-refractivity contribution is -0.148. The monoisotopic (exact) mass is 436 g/mol. The van der Waals surface area contributed by atoms with Gasteiger partial charge >= 0.3 is 0 Å². The molecule has 0 heterocycles. The number of ether oxygens (including phenoxy) is 1. The summed E-state index contributed by atoms with van der Waals surface area (Å²) in [6.07, 6.45) is 11.8. The number of methoxy groups -OCH3 is 1. The van der Waals surface area contributed by atoms with Crippen molar-refractivity contribution >= 4 is 5.78 Å². The third kappa shape index (κ3) is 3.42. The smallest absolute Gasteiger partial charge is 0.166 e. The molecule has 8 unspecified atom stereocenters. The number of rotatable bonds is 4. The van der Waals surface area contributed by atoms with Crippen LogP contribution in [0.4, 0.5) is 0 Å². The van der Waals surface area contributed by atoms with E-state index in [1.165, 1.54) is 62.5 Å². The normalized spacial score (nSPS) is 43.3. The number of carbonyl (C=O) groups is 1. The maximum Gasteiger partial charge on any atom is 0.166 e. The Labute approximate surface area is 195 Å². The van der Waals surface area contributed by atoms with E-state index in [2.05, 4.69) is 45.9 Å². The third-order valence-electron chi connectivity index (χ3n) is 10.9. The van der Waals surface area contributed by atoms with Crippen molar-refractivity contribution in [1.82, 2.24) is 0 Å². The summed E-state index contributed by atoms with van der Waals surface area (Å²) in [7, 11) is 1.93. The summed E-state index contributed by atoms with van der Waals surface area (Å²) >= 11 is 0. The highest BCUT2D eigenvalue weighted by Crippen LogP contribution is 2.68. The molecular formula is C30H44O2. The molecule has 2 nitrogen and oxygen atoms in total. The predicted molar refractivity (Wildman–Crippen MR) is 131 cm³/mol. The van der Waals surface area contributed by atoms with Crippen molar-refractivity contribution in [2.24, 2.45) is 46.3 Å². The lowest BCUT2D eigenvalue weighted by atomic mass is 9.43. The average molecular weight is 437 g/mol. The van der Waals surface area contributed by atoms with E-state index in [9.17, 15) is 4.79 Å². The molecule has 1 aromatic carbocycles. The highest BCUT2D eigenvalue weighted by Gasteiger charge is 2.62. The van der Waals surface area contributed by atoms with Gasteiger partial charge in [0, 0.05) is 18.6 Å². The molecule has 0 bridgehead atoms. The maximum atomic E-state index is 13.8. The van der Waals surface area contributed by atoms with Crippen LogP contribution in [-0.4, -0.2) is 19.5 Å². The van der Waals surface area contributed by atoms with Crippen LogP contribution in [0, 0.1) is 60.2 Å². The first-order chi connectivity index (χ1) is 15.3. The molecule has 4 saturated carbocycles. The van der Waals surface area contributed by atoms with Gasteiger partial charge in [-0.1, -0.05) is 37.5 Å². The van der Waals surface area contributed by atoms with Gasteiger partial charge in [0.25, 0.3) is 0 Å². The topological polar surface area (TPSA) is 26.3 Å². The molecule has 0 aromatic heterocycles. The highest BCUT2D eigenvalue weighted by molar-refractivity contribution is 5.99. The number of hydrogen-bond donors (Lipinski definition) is 0. The van der Waals surface area contributed by atoms with Crippen molar-refractivity contribution in [1.29, 1.82) is 0 Å². The minimum Gasteiger partial charge on any atom is -0.384 e. The molecule has 176 valence electrons. The summed E-state index contributed by atoms with van der Waals surface area (Å²) in [5.41, 5.74) is 3.96. The molecule has 0 spiro atoms. The Morgan fingerprint density at radius 3 is 2.44 bits per heavy atom. The third-order valence-corrected chi connectivity index (χ3v) is 10.9. The lowest BCUT2D eigenvalue weighted by Gasteiger charge is -2.61. The first-order valence-electron chi connectivity index (χ1n) is 13.4. The van der Waals surface area contributed by atoms with Crippen molar-refractivity contribution in [3.05, 3.63) is 34.9 Å². The molecule has 1 aromatic rings. The molecule has 0 amide bonds. The van der Waals surface area contributed by atoms with Crippen LogP contribution in [0.15, 0.2) is 18.2 Å². The van der Waals surface area contributed by atoms with Crippen LogP contribution < -0.4 is 0 Å². The van der Waals surface area contributed by atoms with E-state index < -0.39 is 0 Å². The quantitative estimate of drug-likeness (QED) is 0.459. The summed E-state index contributed by atoms with van der Waals surface area (Å²) in [5.74, 6) is 4.68. The molecule has 8 atom stereocenters. The van der Waals surface area contributed by atoms with E-state index in [4.69, 9.17) is 4.74 Å². The maximum absolute atomic E-state index is 13.8. The number of Topliss-reactive ketones (excluding diaryl/α,β-unsaturated/α-hetero) is 1. The van der Waals surface area contributed by atoms with E-state index in [1.807, 2.05) is 7.11 Å². The Morgan fingerprint density at radius 2 is 1.72 bits per heavy atom. The zero-order valence-electron chi connectivity index (χ0n) is 21.1. The van der Waals surface area contributed by atoms with E-state index in [0.717, 1.165) is 48.2 Å². The Kier molecular flexibility index (Phi) is 5.84. The minimum atomic E-state index is 0.180. The van der Waals surface area contributed by atoms with Gasteiger partial charge in [-0.3, -0.25) is 4.79 Å². The average Bonchev–Trinajstić information content (AvgIpc) is 3.10. The van der Waals surface area contributed by atoms with E-state index in [0.29, 0.717) is 11.2 Å². The van der Waals surface area contributed by atoms with Gasteiger partial charge in [-0.15, -0.1) is 0 Å². The van der Waals surface area contributed by atoms with Gasteiger partial charge < -0.3 is 4.74 Å². The fourth-order valence-corrected chi connectivity index (χ4v) is 9.56. The van der Waals surface area contributed by atoms with Gasteiger partial charge in [0.15, 0.2) is 5.78 Å². The number of benzene rings is 1. The zero-order chi connectivity index (χ0) is 22.7. The molecule has 5 rings (SSSR count). The van der Waals surface area contributed by atoms with Crippen LogP contribution in [0.3, 0.4) is 0 Å². The SMILES string of the molecule is COCC12CCC(C)CC1CCC1C3CCC(C(=O)c4cc(C)cc(C)c4)C3(C)CCC12. The highest BCUT2D eigenvalue weighted by atomic mass is 16.5. The Bertz CT molecular complexity index is 853. The first kappa shape index (κ1) is 22.6. The summed E-state index contributed by atoms with van der Waals surface area (Å²) in [4.78, 5) is 13.8. The van der Waals surface area contributed by atoms with Gasteiger partial charge in [0.1, 0.15) is 0 Å². The van der Waals surface area contributed by atoms with Gasteiger partial charge in [-0.2, -0.15) is 0 Å². The second-order valence-electron chi connectivity index (χ2n) is 12.6. The van der Waals surface area contributed by atoms with Crippen molar-refractivity contribution in [3.8, 4) is 0 Å². The number of fused-ring (bicyclic) bond motifs is 5. The van der Waals surface area contributed by atoms with E-state index in [-0.39, 0.29) is 11.3 Å². The van der Waals surface area contributed by atoms with Crippen molar-refractivity contribution < 1.29 is 9.53 Å². The summed E-state index contributed by atoms with van der Waals surface area (Å²) < 4.78 is 5.95. The summed E-state index contributed by atoms with van der Waals surface area (Å²) in [6.45, 7) is 10.1. The van der Waals surface area contributed by atoms with Gasteiger partial charge in [-0.25, -0.2) is 0 Å². The van der Waals surface area contributed by atoms with Crippen LogP contribution in [0.5, 0.6) is 0 Å². The summed E-state index contributed by atoms with van der Waals surface area (Å²) in [5, 5.41) is 0. The van der Waals surface area contributed by atoms with E-state index in [1.54, 1.807) is 0 Å². The first-order valence-corrected chi connectivity index (χ1v) is 13.4. The van der Waals surface area contributed by atoms with Crippen molar-refractivity contribution in [3.63, 3.8) is 0 Å². The second-order valence-corrected chi connectivity index (χ2v) is 12.6. The van der Waals surface area contributed by atoms with Crippen LogP contribution in [0.1, 0.15) is 93.1 Å². The largest absolute Gasteiger partial charge is 0.384 e. The molecule has 0 radical (unpaired) electrons. The molecule has 0 N–H and O–H groups in total. The van der Waals surface area contributed by atoms with Gasteiger partial charge in [0.05, 0.1) is 6.61 Å². The van der Waals surface area contributed by atoms with E-state index >= 15 is 0 Å². The molecule has 2 heteroatoms. The zero-order valence-corrected chi connectivity index (χ0v) is 21.1. The molecule has 0 aliphatic heterocycles. The molecular weight excluding hydrogens is 392 g/mol. The lowest BCUT2D eigenvalue weighted by Crippen LogP contribution is -2.56. The molecule has 0 saturated heterocycles. The van der Waals surface area contributed by atoms with Gasteiger partial charge in [-0.05, 0) is 118 Å². The standard InChI is InChI=1S/C30H44O2/c1-19-10-13-30(18-32-5)23(17-19)6-7-24-25-8-9-27(29(25,4)12-11-26(24)30)28(31)22-15-20(2)14-21(3)16-22/h14-16,19,23-27H,6-13,17-18H2,1-5H3. The fraction of sp³-hybridized carbons (Fsp3) is 0.767. The van der Waals surface area contributed by atoms with Crippen molar-refractivity contribution in [2.75, 3.05) is 13.7 Å². The fourth-order valence-electron chi connectivity index (χ4n) is 9.56.